The van der Waals surface area contributed by atoms with Crippen LogP contribution in [0.25, 0.3) is 0 Å². The van der Waals surface area contributed by atoms with E-state index >= 15 is 0 Å². The summed E-state index contributed by atoms with van der Waals surface area (Å²) in [4.78, 5) is 4.06. The summed E-state index contributed by atoms with van der Waals surface area (Å²) in [5.41, 5.74) is 2.38. The molecule has 1 N–H and O–H groups in total. The fourth-order valence-electron chi connectivity index (χ4n) is 2.12. The SMILES string of the molecule is CNC(c1ccncc1)c1cccc(OC(C)C)c1. The van der Waals surface area contributed by atoms with Gasteiger partial charge in [0.05, 0.1) is 12.1 Å². The normalized spacial score (nSPS) is 12.4. The lowest BCUT2D eigenvalue weighted by atomic mass is 10.00. The Morgan fingerprint density at radius 3 is 2.42 bits per heavy atom. The van der Waals surface area contributed by atoms with E-state index in [1.807, 2.05) is 57.6 Å². The molecule has 100 valence electrons. The number of ether oxygens (including phenoxy) is 1. The van der Waals surface area contributed by atoms with Gasteiger partial charge < -0.3 is 10.1 Å². The van der Waals surface area contributed by atoms with Crippen LogP contribution in [0.2, 0.25) is 0 Å². The maximum atomic E-state index is 5.75. The Kier molecular flexibility index (Phi) is 4.53. The van der Waals surface area contributed by atoms with E-state index in [2.05, 4.69) is 22.4 Å². The van der Waals surface area contributed by atoms with Crippen molar-refractivity contribution in [2.24, 2.45) is 0 Å². The van der Waals surface area contributed by atoms with Gasteiger partial charge in [0.1, 0.15) is 5.75 Å². The van der Waals surface area contributed by atoms with Crippen LogP contribution in [0.4, 0.5) is 0 Å². The van der Waals surface area contributed by atoms with E-state index in [1.165, 1.54) is 11.1 Å². The fourth-order valence-corrected chi connectivity index (χ4v) is 2.12. The van der Waals surface area contributed by atoms with E-state index in [9.17, 15) is 0 Å². The van der Waals surface area contributed by atoms with Crippen molar-refractivity contribution in [3.05, 3.63) is 59.9 Å². The molecule has 1 aromatic heterocycles. The summed E-state index contributed by atoms with van der Waals surface area (Å²) in [7, 11) is 1.96. The topological polar surface area (TPSA) is 34.2 Å². The first-order valence-electron chi connectivity index (χ1n) is 6.54. The third kappa shape index (κ3) is 3.55. The molecule has 2 rings (SSSR count). The van der Waals surface area contributed by atoms with E-state index < -0.39 is 0 Å². The number of pyridine rings is 1. The smallest absolute Gasteiger partial charge is 0.120 e. The monoisotopic (exact) mass is 256 g/mol. The van der Waals surface area contributed by atoms with Crippen LogP contribution in [0.3, 0.4) is 0 Å². The molecular formula is C16H20N2O. The molecule has 0 radical (unpaired) electrons. The quantitative estimate of drug-likeness (QED) is 0.892. The van der Waals surface area contributed by atoms with Gasteiger partial charge in [-0.25, -0.2) is 0 Å². The van der Waals surface area contributed by atoms with Crippen molar-refractivity contribution in [3.63, 3.8) is 0 Å². The number of nitrogens with zero attached hydrogens (tertiary/aromatic N) is 1. The largest absolute Gasteiger partial charge is 0.491 e. The summed E-state index contributed by atoms with van der Waals surface area (Å²) >= 11 is 0. The van der Waals surface area contributed by atoms with Gasteiger partial charge in [-0.1, -0.05) is 12.1 Å². The van der Waals surface area contributed by atoms with Gasteiger partial charge in [-0.15, -0.1) is 0 Å². The molecule has 0 saturated heterocycles. The molecule has 3 nitrogen and oxygen atoms in total. The molecule has 1 aromatic carbocycles. The van der Waals surface area contributed by atoms with E-state index in [0.29, 0.717) is 0 Å². The predicted molar refractivity (Wildman–Crippen MR) is 77.3 cm³/mol. The van der Waals surface area contributed by atoms with Crippen molar-refractivity contribution in [2.75, 3.05) is 7.05 Å². The van der Waals surface area contributed by atoms with Crippen LogP contribution >= 0.6 is 0 Å². The minimum atomic E-state index is 0.152. The summed E-state index contributed by atoms with van der Waals surface area (Å²) in [6.45, 7) is 4.07. The first-order chi connectivity index (χ1) is 9.20. The van der Waals surface area contributed by atoms with E-state index in [-0.39, 0.29) is 12.1 Å². The van der Waals surface area contributed by atoms with Gasteiger partial charge in [0.15, 0.2) is 0 Å². The highest BCUT2D eigenvalue weighted by Crippen LogP contribution is 2.25. The zero-order valence-corrected chi connectivity index (χ0v) is 11.6. The highest BCUT2D eigenvalue weighted by Gasteiger charge is 2.12. The van der Waals surface area contributed by atoms with Crippen LogP contribution in [-0.2, 0) is 0 Å². The van der Waals surface area contributed by atoms with Gasteiger partial charge in [-0.05, 0) is 56.3 Å². The van der Waals surface area contributed by atoms with Crippen molar-refractivity contribution < 1.29 is 4.74 Å². The van der Waals surface area contributed by atoms with Crippen LogP contribution in [0.15, 0.2) is 48.8 Å². The molecule has 0 fully saturated rings. The predicted octanol–water partition coefficient (Wildman–Crippen LogP) is 3.18. The Labute approximate surface area is 114 Å². The van der Waals surface area contributed by atoms with Crippen molar-refractivity contribution in [1.82, 2.24) is 10.3 Å². The average Bonchev–Trinajstić information content (AvgIpc) is 2.40. The van der Waals surface area contributed by atoms with E-state index in [4.69, 9.17) is 4.74 Å². The van der Waals surface area contributed by atoms with Gasteiger partial charge in [0, 0.05) is 12.4 Å². The Hall–Kier alpha value is -1.87. The molecular weight excluding hydrogens is 236 g/mol. The van der Waals surface area contributed by atoms with Crippen molar-refractivity contribution in [1.29, 1.82) is 0 Å². The Morgan fingerprint density at radius 1 is 1.05 bits per heavy atom. The van der Waals surface area contributed by atoms with Crippen LogP contribution in [-0.4, -0.2) is 18.1 Å². The highest BCUT2D eigenvalue weighted by atomic mass is 16.5. The summed E-state index contributed by atoms with van der Waals surface area (Å²) in [5.74, 6) is 0.904. The maximum Gasteiger partial charge on any atom is 0.120 e. The second kappa shape index (κ2) is 6.34. The molecule has 19 heavy (non-hydrogen) atoms. The molecule has 2 aromatic rings. The molecule has 3 heteroatoms. The number of aromatic nitrogens is 1. The third-order valence-corrected chi connectivity index (χ3v) is 2.89. The fraction of sp³-hybridized carbons (Fsp3) is 0.312. The number of rotatable bonds is 5. The first-order valence-corrected chi connectivity index (χ1v) is 6.54. The summed E-state index contributed by atoms with van der Waals surface area (Å²) in [6, 6.07) is 12.4. The average molecular weight is 256 g/mol. The lowest BCUT2D eigenvalue weighted by Crippen LogP contribution is -2.17. The minimum Gasteiger partial charge on any atom is -0.491 e. The maximum absolute atomic E-state index is 5.75. The molecule has 0 aliphatic rings. The third-order valence-electron chi connectivity index (χ3n) is 2.89. The molecule has 0 amide bonds. The van der Waals surface area contributed by atoms with E-state index in [1.54, 1.807) is 0 Å². The number of nitrogens with one attached hydrogen (secondary N) is 1. The molecule has 0 spiro atoms. The molecule has 0 aliphatic carbocycles. The lowest BCUT2D eigenvalue weighted by Gasteiger charge is -2.18. The summed E-state index contributed by atoms with van der Waals surface area (Å²) in [5, 5.41) is 3.33. The second-order valence-electron chi connectivity index (χ2n) is 4.74. The van der Waals surface area contributed by atoms with Gasteiger partial charge in [0.25, 0.3) is 0 Å². The van der Waals surface area contributed by atoms with Gasteiger partial charge in [-0.2, -0.15) is 0 Å². The summed E-state index contributed by atoms with van der Waals surface area (Å²) < 4.78 is 5.75. The zero-order valence-electron chi connectivity index (χ0n) is 11.6. The number of benzene rings is 1. The van der Waals surface area contributed by atoms with Gasteiger partial charge in [0.2, 0.25) is 0 Å². The summed E-state index contributed by atoms with van der Waals surface area (Å²) in [6.07, 6.45) is 3.81. The van der Waals surface area contributed by atoms with Gasteiger partial charge >= 0.3 is 0 Å². The first kappa shape index (κ1) is 13.6. The molecule has 1 unspecified atom stereocenters. The van der Waals surface area contributed by atoms with Crippen LogP contribution in [0, 0.1) is 0 Å². The number of hydrogen-bond acceptors (Lipinski definition) is 3. The Morgan fingerprint density at radius 2 is 1.79 bits per heavy atom. The van der Waals surface area contributed by atoms with Crippen LogP contribution < -0.4 is 10.1 Å². The van der Waals surface area contributed by atoms with Crippen molar-refractivity contribution in [3.8, 4) is 5.75 Å². The second-order valence-corrected chi connectivity index (χ2v) is 4.74. The molecule has 0 bridgehead atoms. The standard InChI is InChI=1S/C16H20N2O/c1-12(2)19-15-6-4-5-14(11-15)16(17-3)13-7-9-18-10-8-13/h4-12,16-17H,1-3H3. The highest BCUT2D eigenvalue weighted by molar-refractivity contribution is 5.36. The Balaban J connectivity index is 2.28. The number of hydrogen-bond donors (Lipinski definition) is 1. The van der Waals surface area contributed by atoms with Crippen molar-refractivity contribution >= 4 is 0 Å². The van der Waals surface area contributed by atoms with Crippen molar-refractivity contribution in [2.45, 2.75) is 26.0 Å². The van der Waals surface area contributed by atoms with E-state index in [0.717, 1.165) is 5.75 Å². The lowest BCUT2D eigenvalue weighted by molar-refractivity contribution is 0.242. The van der Waals surface area contributed by atoms with Crippen LogP contribution in [0.5, 0.6) is 5.75 Å². The zero-order chi connectivity index (χ0) is 13.7. The molecule has 0 aliphatic heterocycles. The molecule has 1 atom stereocenters. The minimum absolute atomic E-state index is 0.152. The Bertz CT molecular complexity index is 511. The molecule has 0 saturated carbocycles. The van der Waals surface area contributed by atoms with Crippen LogP contribution in [0.1, 0.15) is 31.0 Å². The van der Waals surface area contributed by atoms with Gasteiger partial charge in [-0.3, -0.25) is 4.98 Å². The molecule has 1 heterocycles.